The van der Waals surface area contributed by atoms with Crippen LogP contribution in [0.3, 0.4) is 0 Å². The van der Waals surface area contributed by atoms with Crippen molar-refractivity contribution >= 4 is 0 Å². The average molecular weight is 511 g/mol. The van der Waals surface area contributed by atoms with E-state index in [2.05, 4.69) is 110 Å². The summed E-state index contributed by atoms with van der Waals surface area (Å²) in [6.45, 7) is 7.00. The lowest BCUT2D eigenvalue weighted by molar-refractivity contribution is 0.252. The quantitative estimate of drug-likeness (QED) is 0.188. The molecule has 0 aromatic heterocycles. The Morgan fingerprint density at radius 2 is 1.56 bits per heavy atom. The van der Waals surface area contributed by atoms with E-state index in [0.717, 1.165) is 37.2 Å². The monoisotopic (exact) mass is 510 g/mol. The summed E-state index contributed by atoms with van der Waals surface area (Å²) < 4.78 is 0. The van der Waals surface area contributed by atoms with Crippen LogP contribution in [-0.4, -0.2) is 0 Å². The molecule has 5 rings (SSSR count). The Morgan fingerprint density at radius 1 is 0.872 bits per heavy atom. The van der Waals surface area contributed by atoms with E-state index in [0.29, 0.717) is 17.8 Å². The second-order valence-corrected chi connectivity index (χ2v) is 11.8. The molecule has 0 saturated heterocycles. The SMILES string of the molecule is C#Cc1ccc(CC2CCC(C(C(=C)CCc3ccccc3)c3ccc(CC4=CC=CC4C)cc3)CC2)cc1. The van der Waals surface area contributed by atoms with Gasteiger partial charge in [0.2, 0.25) is 0 Å². The molecule has 198 valence electrons. The maximum Gasteiger partial charge on any atom is 0.0242 e. The Kier molecular flexibility index (Phi) is 9.00. The zero-order valence-corrected chi connectivity index (χ0v) is 23.5. The van der Waals surface area contributed by atoms with Crippen molar-refractivity contribution in [3.63, 3.8) is 0 Å². The van der Waals surface area contributed by atoms with Crippen LogP contribution in [0.4, 0.5) is 0 Å². The number of allylic oxidation sites excluding steroid dienone is 5. The molecule has 0 heterocycles. The van der Waals surface area contributed by atoms with E-state index in [1.54, 1.807) is 0 Å². The summed E-state index contributed by atoms with van der Waals surface area (Å²) >= 11 is 0. The normalized spacial score (nSPS) is 21.2. The maximum atomic E-state index is 5.54. The molecular formula is C39H42. The molecule has 0 spiro atoms. The summed E-state index contributed by atoms with van der Waals surface area (Å²) in [7, 11) is 0. The first-order valence-corrected chi connectivity index (χ1v) is 14.8. The van der Waals surface area contributed by atoms with Gasteiger partial charge in [-0.05, 0) is 104 Å². The van der Waals surface area contributed by atoms with Gasteiger partial charge >= 0.3 is 0 Å². The minimum atomic E-state index is 0.435. The van der Waals surface area contributed by atoms with Crippen molar-refractivity contribution in [2.75, 3.05) is 0 Å². The fourth-order valence-corrected chi connectivity index (χ4v) is 6.66. The molecule has 0 amide bonds. The molecular weight excluding hydrogens is 468 g/mol. The second-order valence-electron chi connectivity index (χ2n) is 11.8. The number of aryl methyl sites for hydroxylation is 1. The number of hydrogen-bond acceptors (Lipinski definition) is 0. The average Bonchev–Trinajstić information content (AvgIpc) is 3.38. The molecule has 2 unspecified atom stereocenters. The largest absolute Gasteiger partial charge is 0.115 e. The summed E-state index contributed by atoms with van der Waals surface area (Å²) in [5.41, 5.74) is 9.57. The summed E-state index contributed by atoms with van der Waals surface area (Å²) in [4.78, 5) is 0. The van der Waals surface area contributed by atoms with E-state index >= 15 is 0 Å². The summed E-state index contributed by atoms with van der Waals surface area (Å²) in [5.74, 6) is 5.15. The first-order valence-electron chi connectivity index (χ1n) is 14.8. The van der Waals surface area contributed by atoms with Crippen molar-refractivity contribution < 1.29 is 0 Å². The van der Waals surface area contributed by atoms with Gasteiger partial charge in [0.1, 0.15) is 0 Å². The van der Waals surface area contributed by atoms with Gasteiger partial charge in [0, 0.05) is 11.5 Å². The van der Waals surface area contributed by atoms with Crippen molar-refractivity contribution in [3.05, 3.63) is 143 Å². The van der Waals surface area contributed by atoms with E-state index in [4.69, 9.17) is 13.0 Å². The molecule has 39 heavy (non-hydrogen) atoms. The molecule has 0 bridgehead atoms. The van der Waals surface area contributed by atoms with Gasteiger partial charge in [-0.3, -0.25) is 0 Å². The standard InChI is InChI=1S/C39H42/c1-4-31-15-17-33(18-16-31)27-34-19-23-36(24-20-34)39(30(3)13-14-32-10-6-5-7-11-32)37-25-21-35(22-26-37)28-38-12-8-9-29(38)2/h1,5-12,15-18,21-22,25-26,29,34,36,39H,3,13-14,19-20,23-24,27-28H2,2H3. The summed E-state index contributed by atoms with van der Waals surface area (Å²) in [6, 6.07) is 29.0. The molecule has 3 aromatic carbocycles. The van der Waals surface area contributed by atoms with Gasteiger partial charge in [-0.2, -0.15) is 0 Å². The molecule has 0 radical (unpaired) electrons. The fourth-order valence-electron chi connectivity index (χ4n) is 6.66. The fraction of sp³-hybridized carbons (Fsp3) is 0.333. The predicted octanol–water partition coefficient (Wildman–Crippen LogP) is 9.66. The highest BCUT2D eigenvalue weighted by Crippen LogP contribution is 2.43. The van der Waals surface area contributed by atoms with Crippen LogP contribution in [0.2, 0.25) is 0 Å². The molecule has 0 N–H and O–H groups in total. The van der Waals surface area contributed by atoms with Gasteiger partial charge in [-0.1, -0.05) is 116 Å². The molecule has 1 fully saturated rings. The Hall–Kier alpha value is -3.56. The number of rotatable bonds is 10. The van der Waals surface area contributed by atoms with Crippen LogP contribution >= 0.6 is 0 Å². The molecule has 2 atom stereocenters. The third-order valence-electron chi connectivity index (χ3n) is 9.07. The third kappa shape index (κ3) is 7.10. The van der Waals surface area contributed by atoms with Crippen LogP contribution in [0.15, 0.2) is 115 Å². The number of terminal acetylenes is 1. The second kappa shape index (κ2) is 13.0. The minimum absolute atomic E-state index is 0.435. The highest BCUT2D eigenvalue weighted by atomic mass is 14.3. The van der Waals surface area contributed by atoms with Gasteiger partial charge in [0.05, 0.1) is 0 Å². The Bertz CT molecular complexity index is 1320. The summed E-state index contributed by atoms with van der Waals surface area (Å²) in [6.07, 6.45) is 21.8. The maximum absolute atomic E-state index is 5.54. The van der Waals surface area contributed by atoms with Crippen LogP contribution < -0.4 is 0 Å². The van der Waals surface area contributed by atoms with Crippen molar-refractivity contribution in [1.29, 1.82) is 0 Å². The van der Waals surface area contributed by atoms with Crippen LogP contribution in [0.1, 0.15) is 72.8 Å². The third-order valence-corrected chi connectivity index (χ3v) is 9.07. The van der Waals surface area contributed by atoms with E-state index in [1.807, 2.05) is 0 Å². The molecule has 0 heteroatoms. The predicted molar refractivity (Wildman–Crippen MR) is 167 cm³/mol. The van der Waals surface area contributed by atoms with Crippen LogP contribution in [-0.2, 0) is 19.3 Å². The molecule has 0 aliphatic heterocycles. The first kappa shape index (κ1) is 27.0. The smallest absolute Gasteiger partial charge is 0.0242 e. The van der Waals surface area contributed by atoms with E-state index in [9.17, 15) is 0 Å². The molecule has 2 aliphatic carbocycles. The Morgan fingerprint density at radius 3 is 2.21 bits per heavy atom. The highest BCUT2D eigenvalue weighted by Gasteiger charge is 2.30. The van der Waals surface area contributed by atoms with E-state index < -0.39 is 0 Å². The minimum Gasteiger partial charge on any atom is -0.115 e. The lowest BCUT2D eigenvalue weighted by Gasteiger charge is -2.36. The van der Waals surface area contributed by atoms with Gasteiger partial charge in [0.15, 0.2) is 0 Å². The van der Waals surface area contributed by atoms with Crippen LogP contribution in [0.5, 0.6) is 0 Å². The molecule has 0 nitrogen and oxygen atoms in total. The number of hydrogen-bond donors (Lipinski definition) is 0. The topological polar surface area (TPSA) is 0 Å². The first-order chi connectivity index (χ1) is 19.1. The van der Waals surface area contributed by atoms with Crippen molar-refractivity contribution in [1.82, 2.24) is 0 Å². The van der Waals surface area contributed by atoms with Gasteiger partial charge < -0.3 is 0 Å². The van der Waals surface area contributed by atoms with Crippen molar-refractivity contribution in [2.24, 2.45) is 17.8 Å². The van der Waals surface area contributed by atoms with E-state index in [1.165, 1.54) is 59.1 Å². The number of benzene rings is 3. The van der Waals surface area contributed by atoms with Gasteiger partial charge in [-0.15, -0.1) is 6.42 Å². The molecule has 1 saturated carbocycles. The lowest BCUT2D eigenvalue weighted by Crippen LogP contribution is -2.23. The lowest BCUT2D eigenvalue weighted by atomic mass is 9.69. The zero-order chi connectivity index (χ0) is 27.0. The summed E-state index contributed by atoms with van der Waals surface area (Å²) in [5, 5.41) is 0. The van der Waals surface area contributed by atoms with Gasteiger partial charge in [-0.25, -0.2) is 0 Å². The van der Waals surface area contributed by atoms with Crippen LogP contribution in [0, 0.1) is 30.1 Å². The highest BCUT2D eigenvalue weighted by molar-refractivity contribution is 5.37. The Labute approximate surface area is 236 Å². The van der Waals surface area contributed by atoms with Crippen molar-refractivity contribution in [3.8, 4) is 12.3 Å². The van der Waals surface area contributed by atoms with Gasteiger partial charge in [0.25, 0.3) is 0 Å². The molecule has 3 aromatic rings. The molecule has 2 aliphatic rings. The van der Waals surface area contributed by atoms with Crippen LogP contribution in [0.25, 0.3) is 0 Å². The van der Waals surface area contributed by atoms with Crippen molar-refractivity contribution in [2.45, 2.75) is 64.2 Å². The zero-order valence-electron chi connectivity index (χ0n) is 23.5. The Balaban J connectivity index is 1.27. The van der Waals surface area contributed by atoms with E-state index in [-0.39, 0.29) is 0 Å².